The molecule has 0 bridgehead atoms. The third-order valence-corrected chi connectivity index (χ3v) is 3.48. The fourth-order valence-electron chi connectivity index (χ4n) is 1.62. The molecule has 4 nitrogen and oxygen atoms in total. The van der Waals surface area contributed by atoms with Gasteiger partial charge in [-0.1, -0.05) is 6.07 Å². The molecule has 1 aromatic heterocycles. The lowest BCUT2D eigenvalue weighted by Crippen LogP contribution is -2.50. The zero-order valence-electron chi connectivity index (χ0n) is 10.1. The fraction of sp³-hybridized carbons (Fsp3) is 0.500. The maximum Gasteiger partial charge on any atom is 0.140 e. The molecule has 2 rings (SSSR count). The van der Waals surface area contributed by atoms with Gasteiger partial charge in [-0.3, -0.25) is 9.98 Å². The highest BCUT2D eigenvalue weighted by atomic mass is 16.5. The van der Waals surface area contributed by atoms with Crippen molar-refractivity contribution in [2.75, 3.05) is 0 Å². The first-order valence-corrected chi connectivity index (χ1v) is 5.35. The lowest BCUT2D eigenvalue weighted by molar-refractivity contribution is 0.205. The Morgan fingerprint density at radius 1 is 1.19 bits per heavy atom. The Balaban J connectivity index is 2.46. The van der Waals surface area contributed by atoms with E-state index in [-0.39, 0.29) is 0 Å². The van der Waals surface area contributed by atoms with Crippen LogP contribution in [0.3, 0.4) is 0 Å². The van der Waals surface area contributed by atoms with Crippen LogP contribution in [0, 0.1) is 5.21 Å². The molecule has 16 heavy (non-hydrogen) atoms. The zero-order chi connectivity index (χ0) is 12.0. The van der Waals surface area contributed by atoms with Crippen molar-refractivity contribution in [1.29, 1.82) is 0 Å². The smallest absolute Gasteiger partial charge is 0.140 e. The van der Waals surface area contributed by atoms with Gasteiger partial charge in [0, 0.05) is 11.7 Å². The SMILES string of the molecule is CC1(C)N=C(c2ccccn2)N([O-])C1(C)C. The van der Waals surface area contributed by atoms with Gasteiger partial charge < -0.3 is 10.3 Å². The summed E-state index contributed by atoms with van der Waals surface area (Å²) in [6.07, 6.45) is 1.67. The van der Waals surface area contributed by atoms with Gasteiger partial charge in [0.2, 0.25) is 0 Å². The lowest BCUT2D eigenvalue weighted by Gasteiger charge is -2.45. The fourth-order valence-corrected chi connectivity index (χ4v) is 1.62. The Morgan fingerprint density at radius 3 is 2.31 bits per heavy atom. The maximum atomic E-state index is 12.2. The number of hydrogen-bond donors (Lipinski definition) is 0. The van der Waals surface area contributed by atoms with Gasteiger partial charge in [0.25, 0.3) is 0 Å². The largest absolute Gasteiger partial charge is 0.757 e. The molecule has 0 saturated heterocycles. The molecule has 0 fully saturated rings. The molecule has 0 radical (unpaired) electrons. The summed E-state index contributed by atoms with van der Waals surface area (Å²) in [5.41, 5.74) is -0.308. The first kappa shape index (κ1) is 11.1. The molecular weight excluding hydrogens is 202 g/mol. The van der Waals surface area contributed by atoms with Gasteiger partial charge in [0.15, 0.2) is 0 Å². The first-order chi connectivity index (χ1) is 7.36. The second kappa shape index (κ2) is 3.28. The maximum absolute atomic E-state index is 12.2. The molecule has 4 heteroatoms. The molecule has 0 N–H and O–H groups in total. The summed E-state index contributed by atoms with van der Waals surface area (Å²) in [6.45, 7) is 7.74. The second-order valence-electron chi connectivity index (χ2n) is 5.06. The van der Waals surface area contributed by atoms with Crippen molar-refractivity contribution in [1.82, 2.24) is 10.0 Å². The van der Waals surface area contributed by atoms with Gasteiger partial charge >= 0.3 is 0 Å². The highest BCUT2D eigenvalue weighted by Gasteiger charge is 2.45. The average Bonchev–Trinajstić information content (AvgIpc) is 2.40. The minimum absolute atomic E-state index is 0.401. The number of nitrogens with zero attached hydrogens (tertiary/aromatic N) is 3. The lowest BCUT2D eigenvalue weighted by atomic mass is 9.84. The summed E-state index contributed by atoms with van der Waals surface area (Å²) < 4.78 is 0. The predicted molar refractivity (Wildman–Crippen MR) is 64.1 cm³/mol. The van der Waals surface area contributed by atoms with Crippen molar-refractivity contribution < 1.29 is 0 Å². The molecule has 2 heterocycles. The number of hydroxylamine groups is 2. The van der Waals surface area contributed by atoms with Crippen LogP contribution in [-0.4, -0.2) is 27.0 Å². The van der Waals surface area contributed by atoms with E-state index in [9.17, 15) is 5.21 Å². The molecule has 0 unspecified atom stereocenters. The second-order valence-corrected chi connectivity index (χ2v) is 5.06. The van der Waals surface area contributed by atoms with E-state index in [0.29, 0.717) is 11.5 Å². The van der Waals surface area contributed by atoms with Crippen LogP contribution in [0.4, 0.5) is 0 Å². The first-order valence-electron chi connectivity index (χ1n) is 5.35. The van der Waals surface area contributed by atoms with Crippen LogP contribution in [0.25, 0.3) is 0 Å². The van der Waals surface area contributed by atoms with Crippen LogP contribution in [0.2, 0.25) is 0 Å². The quantitative estimate of drug-likeness (QED) is 0.726. The van der Waals surface area contributed by atoms with Gasteiger partial charge in [0.05, 0.1) is 5.54 Å². The number of pyridine rings is 1. The van der Waals surface area contributed by atoms with Crippen LogP contribution >= 0.6 is 0 Å². The molecule has 0 atom stereocenters. The van der Waals surface area contributed by atoms with Gasteiger partial charge in [-0.25, -0.2) is 0 Å². The van der Waals surface area contributed by atoms with Crippen LogP contribution in [0.1, 0.15) is 33.4 Å². The van der Waals surface area contributed by atoms with E-state index in [2.05, 4.69) is 9.98 Å². The van der Waals surface area contributed by atoms with Crippen LogP contribution in [0.5, 0.6) is 0 Å². The van der Waals surface area contributed by atoms with Crippen molar-refractivity contribution in [3.63, 3.8) is 0 Å². The monoisotopic (exact) mass is 218 g/mol. The van der Waals surface area contributed by atoms with Crippen LogP contribution < -0.4 is 0 Å². The minimum Gasteiger partial charge on any atom is -0.757 e. The molecule has 0 aromatic carbocycles. The summed E-state index contributed by atoms with van der Waals surface area (Å²) in [6, 6.07) is 5.49. The summed E-state index contributed by atoms with van der Waals surface area (Å²) in [7, 11) is 0. The van der Waals surface area contributed by atoms with E-state index in [0.717, 1.165) is 5.06 Å². The standard InChI is InChI=1S/C12H16N3O/c1-11(2)12(3,4)15(16)10(14-11)9-7-5-6-8-13-9/h5-8H,1-4H3/q-1. The summed E-state index contributed by atoms with van der Waals surface area (Å²) in [5, 5.41) is 13.2. The third-order valence-electron chi connectivity index (χ3n) is 3.48. The zero-order valence-corrected chi connectivity index (χ0v) is 10.1. The Bertz CT molecular complexity index is 423. The van der Waals surface area contributed by atoms with Gasteiger partial charge in [0.1, 0.15) is 11.5 Å². The summed E-state index contributed by atoms with van der Waals surface area (Å²) in [5.74, 6) is 0.426. The highest BCUT2D eigenvalue weighted by molar-refractivity contribution is 5.99. The van der Waals surface area contributed by atoms with Crippen molar-refractivity contribution in [3.05, 3.63) is 35.3 Å². The summed E-state index contributed by atoms with van der Waals surface area (Å²) >= 11 is 0. The summed E-state index contributed by atoms with van der Waals surface area (Å²) in [4.78, 5) is 8.66. The minimum atomic E-state index is -0.542. The number of hydrogen-bond acceptors (Lipinski definition) is 4. The van der Waals surface area contributed by atoms with Crippen LogP contribution in [-0.2, 0) is 0 Å². The van der Waals surface area contributed by atoms with Crippen molar-refractivity contribution >= 4 is 5.84 Å². The topological polar surface area (TPSA) is 51.5 Å². The molecule has 0 amide bonds. The van der Waals surface area contributed by atoms with Gasteiger partial charge in [-0.05, 0) is 39.8 Å². The van der Waals surface area contributed by atoms with E-state index in [4.69, 9.17) is 0 Å². The molecule has 0 saturated carbocycles. The van der Waals surface area contributed by atoms with Gasteiger partial charge in [-0.2, -0.15) is 0 Å². The normalized spacial score (nSPS) is 22.1. The van der Waals surface area contributed by atoms with E-state index >= 15 is 0 Å². The molecule has 1 aliphatic heterocycles. The Labute approximate surface area is 95.6 Å². The number of aromatic nitrogens is 1. The Kier molecular flexibility index (Phi) is 2.27. The number of aliphatic imine (C=N–C) groups is 1. The van der Waals surface area contributed by atoms with Crippen LogP contribution in [0.15, 0.2) is 29.4 Å². The molecule has 0 aliphatic carbocycles. The van der Waals surface area contributed by atoms with Gasteiger partial charge in [-0.15, -0.1) is 0 Å². The van der Waals surface area contributed by atoms with E-state index < -0.39 is 11.1 Å². The van der Waals surface area contributed by atoms with E-state index in [1.807, 2.05) is 39.8 Å². The van der Waals surface area contributed by atoms with Crippen molar-refractivity contribution in [2.45, 2.75) is 38.8 Å². The third kappa shape index (κ3) is 1.41. The van der Waals surface area contributed by atoms with Crippen molar-refractivity contribution in [3.8, 4) is 0 Å². The average molecular weight is 218 g/mol. The van der Waals surface area contributed by atoms with Crippen molar-refractivity contribution in [2.24, 2.45) is 4.99 Å². The molecule has 1 aromatic rings. The Hall–Kier alpha value is -1.42. The Morgan fingerprint density at radius 2 is 1.88 bits per heavy atom. The molecular formula is C12H16N3O-. The van der Waals surface area contributed by atoms with E-state index in [1.54, 1.807) is 12.3 Å². The number of rotatable bonds is 1. The van der Waals surface area contributed by atoms with E-state index in [1.165, 1.54) is 0 Å². The molecule has 1 aliphatic rings. The molecule has 0 spiro atoms. The predicted octanol–water partition coefficient (Wildman–Crippen LogP) is 2.20. The molecule has 86 valence electrons. The highest BCUT2D eigenvalue weighted by Crippen LogP contribution is 2.37. The number of amidine groups is 1.